The number of carbonyl (C=O) groups excluding carboxylic acids is 1. The molecule has 0 saturated carbocycles. The molecular weight excluding hydrogens is 604 g/mol. The fourth-order valence-corrected chi connectivity index (χ4v) is 9.04. The molecule has 8 rings (SSSR count). The third-order valence-electron chi connectivity index (χ3n) is 11.8. The third kappa shape index (κ3) is 6.43. The average Bonchev–Trinajstić information content (AvgIpc) is 3.48. The van der Waals surface area contributed by atoms with Crippen LogP contribution in [0.4, 0.5) is 11.4 Å². The number of anilines is 2. The Morgan fingerprint density at radius 3 is 2.16 bits per heavy atom. The number of phenols is 1. The highest BCUT2D eigenvalue weighted by molar-refractivity contribution is 5.99. The lowest BCUT2D eigenvalue weighted by Gasteiger charge is -2.40. The van der Waals surface area contributed by atoms with Gasteiger partial charge in [-0.1, -0.05) is 48.5 Å². The molecule has 3 aliphatic heterocycles. The summed E-state index contributed by atoms with van der Waals surface area (Å²) < 4.78 is 0. The van der Waals surface area contributed by atoms with Crippen molar-refractivity contribution in [3.63, 3.8) is 0 Å². The van der Waals surface area contributed by atoms with Gasteiger partial charge in [0.1, 0.15) is 5.75 Å². The van der Waals surface area contributed by atoms with Crippen molar-refractivity contribution in [3.8, 4) is 5.75 Å². The van der Waals surface area contributed by atoms with Gasteiger partial charge in [-0.25, -0.2) is 0 Å². The number of hydrogen-bond donors (Lipinski definition) is 1. The van der Waals surface area contributed by atoms with Gasteiger partial charge in [0.05, 0.1) is 0 Å². The van der Waals surface area contributed by atoms with E-state index in [-0.39, 0.29) is 17.9 Å². The van der Waals surface area contributed by atoms with E-state index >= 15 is 0 Å². The minimum Gasteiger partial charge on any atom is -0.508 e. The Morgan fingerprint density at radius 2 is 1.43 bits per heavy atom. The standard InChI is InChI=1S/C43H50N4O2/c1-30(2)47-29-35-26-37(13-16-41(35)43(47)49)46-24-22-44(23-25-46)28-31-18-20-45(21-19-31)36-11-8-33(9-12-36)42-39(32-6-4-3-5-7-32)15-10-34-27-38(48)14-17-40(34)42/h3-9,11-14,16-17,26-27,30-31,39,42,48H,10,15,18-25,28-29H2,1-2H3/t39-,42+/m1/s1. The van der Waals surface area contributed by atoms with E-state index in [9.17, 15) is 9.90 Å². The molecule has 0 bridgehead atoms. The zero-order valence-corrected chi connectivity index (χ0v) is 29.1. The highest BCUT2D eigenvalue weighted by Gasteiger charge is 2.33. The molecule has 4 aliphatic rings. The number of rotatable bonds is 7. The van der Waals surface area contributed by atoms with Gasteiger partial charge in [0.25, 0.3) is 5.91 Å². The summed E-state index contributed by atoms with van der Waals surface area (Å²) in [6.07, 6.45) is 4.56. The number of piperidine rings is 1. The summed E-state index contributed by atoms with van der Waals surface area (Å²) in [6.45, 7) is 12.6. The molecule has 6 heteroatoms. The summed E-state index contributed by atoms with van der Waals surface area (Å²) in [6, 6.07) is 33.1. The smallest absolute Gasteiger partial charge is 0.254 e. The van der Waals surface area contributed by atoms with Crippen LogP contribution in [0.1, 0.15) is 83.1 Å². The highest BCUT2D eigenvalue weighted by atomic mass is 16.3. The van der Waals surface area contributed by atoms with Crippen molar-refractivity contribution < 1.29 is 9.90 Å². The van der Waals surface area contributed by atoms with Crippen LogP contribution in [0.25, 0.3) is 0 Å². The Bertz CT molecular complexity index is 1770. The number of aromatic hydroxyl groups is 1. The van der Waals surface area contributed by atoms with Crippen LogP contribution in [0, 0.1) is 5.92 Å². The van der Waals surface area contributed by atoms with Crippen molar-refractivity contribution in [3.05, 3.63) is 124 Å². The predicted octanol–water partition coefficient (Wildman–Crippen LogP) is 7.66. The summed E-state index contributed by atoms with van der Waals surface area (Å²) in [5.41, 5.74) is 10.1. The number of carbonyl (C=O) groups is 1. The molecule has 4 aromatic carbocycles. The van der Waals surface area contributed by atoms with E-state index in [1.54, 1.807) is 0 Å². The first-order valence-corrected chi connectivity index (χ1v) is 18.5. The van der Waals surface area contributed by atoms with Crippen LogP contribution in [0.5, 0.6) is 5.75 Å². The van der Waals surface area contributed by atoms with Crippen LogP contribution in [0.3, 0.4) is 0 Å². The van der Waals surface area contributed by atoms with Crippen LogP contribution >= 0.6 is 0 Å². The molecule has 4 aromatic rings. The van der Waals surface area contributed by atoms with Crippen molar-refractivity contribution in [2.45, 2.75) is 64.0 Å². The number of fused-ring (bicyclic) bond motifs is 2. The number of phenolic OH excluding ortho intramolecular Hbond substituents is 1. The fourth-order valence-electron chi connectivity index (χ4n) is 9.04. The topological polar surface area (TPSA) is 50.3 Å². The molecule has 6 nitrogen and oxygen atoms in total. The zero-order valence-electron chi connectivity index (χ0n) is 29.1. The monoisotopic (exact) mass is 654 g/mol. The molecule has 1 aliphatic carbocycles. The Morgan fingerprint density at radius 1 is 0.714 bits per heavy atom. The SMILES string of the molecule is CC(C)N1Cc2cc(N3CCN(CC4CCN(c5ccc([C@@H]6c7ccc(O)cc7CC[C@@H]6c6ccccc6)cc5)CC4)CC3)ccc2C1=O. The van der Waals surface area contributed by atoms with Crippen LogP contribution in [0.15, 0.2) is 91.0 Å². The summed E-state index contributed by atoms with van der Waals surface area (Å²) in [4.78, 5) is 22.5. The number of benzene rings is 4. The maximum absolute atomic E-state index is 12.7. The molecule has 0 aromatic heterocycles. The van der Waals surface area contributed by atoms with Crippen molar-refractivity contribution in [1.29, 1.82) is 0 Å². The van der Waals surface area contributed by atoms with Crippen LogP contribution in [-0.2, 0) is 13.0 Å². The third-order valence-corrected chi connectivity index (χ3v) is 11.8. The second-order valence-electron chi connectivity index (χ2n) is 15.1. The maximum atomic E-state index is 12.7. The van der Waals surface area contributed by atoms with Crippen molar-refractivity contribution >= 4 is 17.3 Å². The van der Waals surface area contributed by atoms with E-state index in [2.05, 4.69) is 101 Å². The lowest BCUT2D eigenvalue weighted by molar-refractivity contribution is 0.0730. The second-order valence-corrected chi connectivity index (χ2v) is 15.1. The summed E-state index contributed by atoms with van der Waals surface area (Å²) in [5.74, 6) is 2.00. The highest BCUT2D eigenvalue weighted by Crippen LogP contribution is 2.47. The van der Waals surface area contributed by atoms with E-state index in [4.69, 9.17) is 0 Å². The molecule has 0 radical (unpaired) electrons. The Hall–Kier alpha value is -4.29. The quantitative estimate of drug-likeness (QED) is 0.222. The lowest BCUT2D eigenvalue weighted by Crippen LogP contribution is -2.49. The summed E-state index contributed by atoms with van der Waals surface area (Å²) >= 11 is 0. The van der Waals surface area contributed by atoms with E-state index in [1.807, 2.05) is 23.1 Å². The predicted molar refractivity (Wildman–Crippen MR) is 199 cm³/mol. The first-order valence-electron chi connectivity index (χ1n) is 18.5. The number of aryl methyl sites for hydroxylation is 1. The van der Waals surface area contributed by atoms with Crippen molar-refractivity contribution in [2.24, 2.45) is 5.92 Å². The molecule has 2 fully saturated rings. The lowest BCUT2D eigenvalue weighted by atomic mass is 9.69. The van der Waals surface area contributed by atoms with Gasteiger partial charge in [0.15, 0.2) is 0 Å². The zero-order chi connectivity index (χ0) is 33.5. The fraction of sp³-hybridized carbons (Fsp3) is 0.419. The molecule has 1 amide bonds. The van der Waals surface area contributed by atoms with Crippen LogP contribution in [-0.4, -0.2) is 72.7 Å². The van der Waals surface area contributed by atoms with Gasteiger partial charge >= 0.3 is 0 Å². The molecule has 0 unspecified atom stereocenters. The molecule has 0 spiro atoms. The van der Waals surface area contributed by atoms with Crippen molar-refractivity contribution in [2.75, 3.05) is 55.6 Å². The summed E-state index contributed by atoms with van der Waals surface area (Å²) in [7, 11) is 0. The van der Waals surface area contributed by atoms with E-state index in [1.165, 1.54) is 58.6 Å². The van der Waals surface area contributed by atoms with E-state index < -0.39 is 0 Å². The summed E-state index contributed by atoms with van der Waals surface area (Å²) in [5, 5.41) is 10.2. The second kappa shape index (κ2) is 13.5. The van der Waals surface area contributed by atoms with Gasteiger partial charge in [-0.2, -0.15) is 0 Å². The maximum Gasteiger partial charge on any atom is 0.254 e. The van der Waals surface area contributed by atoms with Crippen LogP contribution in [0.2, 0.25) is 0 Å². The largest absolute Gasteiger partial charge is 0.508 e. The molecule has 3 heterocycles. The number of amides is 1. The Labute approximate surface area is 292 Å². The van der Waals surface area contributed by atoms with Gasteiger partial charge < -0.3 is 19.8 Å². The molecule has 254 valence electrons. The minimum absolute atomic E-state index is 0.176. The molecule has 2 saturated heterocycles. The Kier molecular flexibility index (Phi) is 8.83. The molecule has 49 heavy (non-hydrogen) atoms. The van der Waals surface area contributed by atoms with Crippen LogP contribution < -0.4 is 9.80 Å². The van der Waals surface area contributed by atoms with E-state index in [0.29, 0.717) is 11.7 Å². The number of piperazine rings is 1. The van der Waals surface area contributed by atoms with Gasteiger partial charge in [-0.3, -0.25) is 9.69 Å². The number of hydrogen-bond acceptors (Lipinski definition) is 5. The van der Waals surface area contributed by atoms with Gasteiger partial charge in [0, 0.05) is 81.3 Å². The average molecular weight is 655 g/mol. The van der Waals surface area contributed by atoms with Gasteiger partial charge in [-0.05, 0) is 122 Å². The van der Waals surface area contributed by atoms with Crippen molar-refractivity contribution in [1.82, 2.24) is 9.80 Å². The first-order chi connectivity index (χ1) is 23.9. The molecule has 2 atom stereocenters. The number of nitrogens with zero attached hydrogens (tertiary/aromatic N) is 4. The first kappa shape index (κ1) is 31.9. The molecular formula is C43H50N4O2. The van der Waals surface area contributed by atoms with Gasteiger partial charge in [0.2, 0.25) is 0 Å². The Balaban J connectivity index is 0.861. The van der Waals surface area contributed by atoms with E-state index in [0.717, 1.165) is 70.1 Å². The normalized spacial score (nSPS) is 21.7. The minimum atomic E-state index is 0.176. The molecule has 1 N–H and O–H groups in total. The van der Waals surface area contributed by atoms with Gasteiger partial charge in [-0.15, -0.1) is 0 Å².